The van der Waals surface area contributed by atoms with Gasteiger partial charge in [-0.3, -0.25) is 4.90 Å². The zero-order chi connectivity index (χ0) is 14.6. The molecule has 0 aromatic rings. The molecule has 2 atom stereocenters. The summed E-state index contributed by atoms with van der Waals surface area (Å²) in [6.07, 6.45) is 0.170. The summed E-state index contributed by atoms with van der Waals surface area (Å²) in [5.74, 6) is 0.816. The van der Waals surface area contributed by atoms with Gasteiger partial charge in [0.2, 0.25) is 0 Å². The van der Waals surface area contributed by atoms with Crippen molar-refractivity contribution in [3.63, 3.8) is 0 Å². The normalized spacial score (nSPS) is 28.8. The summed E-state index contributed by atoms with van der Waals surface area (Å²) in [5, 5.41) is 3.61. The van der Waals surface area contributed by atoms with Crippen LogP contribution in [-0.2, 0) is 4.74 Å². The predicted molar refractivity (Wildman–Crippen MR) is 71.7 cm³/mol. The van der Waals surface area contributed by atoms with Gasteiger partial charge in [-0.2, -0.15) is 13.2 Å². The minimum Gasteiger partial charge on any atom is -0.372 e. The van der Waals surface area contributed by atoms with Crippen molar-refractivity contribution in [3.8, 4) is 0 Å². The predicted octanol–water partition coefficient (Wildman–Crippen LogP) is 2.42. The van der Waals surface area contributed by atoms with Crippen LogP contribution in [0.1, 0.15) is 32.6 Å². The van der Waals surface area contributed by atoms with Crippen LogP contribution in [0.25, 0.3) is 0 Å². The lowest BCUT2D eigenvalue weighted by molar-refractivity contribution is -0.174. The minimum absolute atomic E-state index is 0.188. The zero-order valence-electron chi connectivity index (χ0n) is 12.1. The molecule has 0 radical (unpaired) electrons. The van der Waals surface area contributed by atoms with Crippen LogP contribution >= 0.6 is 0 Å². The van der Waals surface area contributed by atoms with Gasteiger partial charge in [0.15, 0.2) is 0 Å². The van der Waals surface area contributed by atoms with E-state index in [1.807, 2.05) is 0 Å². The van der Waals surface area contributed by atoms with E-state index in [0.717, 1.165) is 32.0 Å². The molecule has 118 valence electrons. The molecule has 3 nitrogen and oxygen atoms in total. The van der Waals surface area contributed by atoms with Crippen molar-refractivity contribution in [1.82, 2.24) is 10.2 Å². The Bertz CT molecular complexity index is 295. The highest BCUT2D eigenvalue weighted by molar-refractivity contribution is 4.94. The lowest BCUT2D eigenvalue weighted by Gasteiger charge is -2.40. The highest BCUT2D eigenvalue weighted by Gasteiger charge is 2.36. The molecular formula is C14H25F3N2O. The van der Waals surface area contributed by atoms with E-state index in [2.05, 4.69) is 21.9 Å². The Hall–Kier alpha value is -0.330. The van der Waals surface area contributed by atoms with Crippen molar-refractivity contribution >= 4 is 0 Å². The van der Waals surface area contributed by atoms with E-state index in [1.54, 1.807) is 0 Å². The molecule has 0 bridgehead atoms. The Morgan fingerprint density at radius 3 is 2.65 bits per heavy atom. The van der Waals surface area contributed by atoms with Crippen LogP contribution < -0.4 is 5.32 Å². The first kappa shape index (κ1) is 16.0. The van der Waals surface area contributed by atoms with Crippen LogP contribution in [0.15, 0.2) is 0 Å². The SMILES string of the molecule is CCC1CNC(C2CC2)CN1CCCOCC(F)(F)F. The number of piperazine rings is 1. The van der Waals surface area contributed by atoms with Gasteiger partial charge in [-0.15, -0.1) is 0 Å². The summed E-state index contributed by atoms with van der Waals surface area (Å²) in [6, 6.07) is 1.08. The summed E-state index contributed by atoms with van der Waals surface area (Å²) in [4.78, 5) is 2.43. The van der Waals surface area contributed by atoms with Crippen LogP contribution in [-0.4, -0.2) is 56.0 Å². The first-order chi connectivity index (χ1) is 9.49. The Balaban J connectivity index is 1.65. The van der Waals surface area contributed by atoms with Crippen molar-refractivity contribution in [3.05, 3.63) is 0 Å². The molecule has 2 aliphatic rings. The van der Waals surface area contributed by atoms with E-state index >= 15 is 0 Å². The number of hydrogen-bond donors (Lipinski definition) is 1. The first-order valence-electron chi connectivity index (χ1n) is 7.61. The van der Waals surface area contributed by atoms with E-state index < -0.39 is 12.8 Å². The van der Waals surface area contributed by atoms with Crippen LogP contribution in [0.3, 0.4) is 0 Å². The summed E-state index contributed by atoms with van der Waals surface area (Å²) < 4.78 is 40.6. The molecule has 1 saturated carbocycles. The molecule has 0 spiro atoms. The number of hydrogen-bond acceptors (Lipinski definition) is 3. The topological polar surface area (TPSA) is 24.5 Å². The molecular weight excluding hydrogens is 269 g/mol. The van der Waals surface area contributed by atoms with Gasteiger partial charge in [0.05, 0.1) is 0 Å². The molecule has 1 aliphatic heterocycles. The lowest BCUT2D eigenvalue weighted by atomic mass is 10.0. The third-order valence-electron chi connectivity index (χ3n) is 4.23. The molecule has 20 heavy (non-hydrogen) atoms. The first-order valence-corrected chi connectivity index (χ1v) is 7.61. The number of nitrogens with one attached hydrogen (secondary N) is 1. The molecule has 0 aromatic heterocycles. The molecule has 6 heteroatoms. The lowest BCUT2D eigenvalue weighted by Crippen LogP contribution is -2.57. The van der Waals surface area contributed by atoms with Gasteiger partial charge in [0.1, 0.15) is 6.61 Å². The van der Waals surface area contributed by atoms with Gasteiger partial charge in [0, 0.05) is 38.3 Å². The number of halogens is 3. The number of rotatable bonds is 7. The standard InChI is InChI=1S/C14H25F3N2O/c1-2-12-8-18-13(11-4-5-11)9-19(12)6-3-7-20-10-14(15,16)17/h11-13,18H,2-10H2,1H3. The highest BCUT2D eigenvalue weighted by Crippen LogP contribution is 2.34. The van der Waals surface area contributed by atoms with Crippen LogP contribution in [0.2, 0.25) is 0 Å². The van der Waals surface area contributed by atoms with Crippen LogP contribution in [0, 0.1) is 5.92 Å². The van der Waals surface area contributed by atoms with E-state index in [0.29, 0.717) is 18.5 Å². The quantitative estimate of drug-likeness (QED) is 0.730. The van der Waals surface area contributed by atoms with Crippen LogP contribution in [0.4, 0.5) is 13.2 Å². The van der Waals surface area contributed by atoms with Gasteiger partial charge < -0.3 is 10.1 Å². The van der Waals surface area contributed by atoms with Crippen molar-refractivity contribution in [2.24, 2.45) is 5.92 Å². The zero-order valence-corrected chi connectivity index (χ0v) is 12.1. The molecule has 2 unspecified atom stereocenters. The van der Waals surface area contributed by atoms with E-state index in [-0.39, 0.29) is 6.61 Å². The van der Waals surface area contributed by atoms with Gasteiger partial charge in [-0.05, 0) is 31.6 Å². The van der Waals surface area contributed by atoms with Gasteiger partial charge in [-0.1, -0.05) is 6.92 Å². The largest absolute Gasteiger partial charge is 0.411 e. The monoisotopic (exact) mass is 294 g/mol. The molecule has 1 N–H and O–H groups in total. The number of alkyl halides is 3. The second-order valence-electron chi connectivity index (χ2n) is 5.93. The molecule has 0 amide bonds. The second kappa shape index (κ2) is 7.09. The van der Waals surface area contributed by atoms with Gasteiger partial charge in [0.25, 0.3) is 0 Å². The van der Waals surface area contributed by atoms with Crippen molar-refractivity contribution < 1.29 is 17.9 Å². The van der Waals surface area contributed by atoms with Gasteiger partial charge >= 0.3 is 6.18 Å². The number of nitrogens with zero attached hydrogens (tertiary/aromatic N) is 1. The Morgan fingerprint density at radius 1 is 1.30 bits per heavy atom. The van der Waals surface area contributed by atoms with Crippen molar-refractivity contribution in [1.29, 1.82) is 0 Å². The van der Waals surface area contributed by atoms with Crippen LogP contribution in [0.5, 0.6) is 0 Å². The van der Waals surface area contributed by atoms with Crippen molar-refractivity contribution in [2.75, 3.05) is 32.8 Å². The molecule has 1 aliphatic carbocycles. The van der Waals surface area contributed by atoms with E-state index in [9.17, 15) is 13.2 Å². The smallest absolute Gasteiger partial charge is 0.372 e. The second-order valence-corrected chi connectivity index (χ2v) is 5.93. The Labute approximate surface area is 118 Å². The summed E-state index contributed by atoms with van der Waals surface area (Å²) in [7, 11) is 0. The Morgan fingerprint density at radius 2 is 2.05 bits per heavy atom. The third-order valence-corrected chi connectivity index (χ3v) is 4.23. The van der Waals surface area contributed by atoms with E-state index in [1.165, 1.54) is 12.8 Å². The maximum Gasteiger partial charge on any atom is 0.411 e. The minimum atomic E-state index is -4.21. The molecule has 0 aromatic carbocycles. The molecule has 2 rings (SSSR count). The Kier molecular flexibility index (Phi) is 5.69. The fraction of sp³-hybridized carbons (Fsp3) is 1.00. The fourth-order valence-corrected chi connectivity index (χ4v) is 2.93. The summed E-state index contributed by atoms with van der Waals surface area (Å²) in [6.45, 7) is 4.09. The third kappa shape index (κ3) is 5.22. The molecule has 1 saturated heterocycles. The maximum atomic E-state index is 12.0. The summed E-state index contributed by atoms with van der Waals surface area (Å²) >= 11 is 0. The average molecular weight is 294 g/mol. The maximum absolute atomic E-state index is 12.0. The van der Waals surface area contributed by atoms with Crippen molar-refractivity contribution in [2.45, 2.75) is 50.9 Å². The van der Waals surface area contributed by atoms with E-state index in [4.69, 9.17) is 0 Å². The molecule has 1 heterocycles. The number of ether oxygens (including phenoxy) is 1. The molecule has 2 fully saturated rings. The summed E-state index contributed by atoms with van der Waals surface area (Å²) in [5.41, 5.74) is 0. The average Bonchev–Trinajstić information content (AvgIpc) is 3.21. The fourth-order valence-electron chi connectivity index (χ4n) is 2.93. The van der Waals surface area contributed by atoms with Gasteiger partial charge in [-0.25, -0.2) is 0 Å². The highest BCUT2D eigenvalue weighted by atomic mass is 19.4.